The Morgan fingerprint density at radius 2 is 1.95 bits per heavy atom. The minimum absolute atomic E-state index is 0.0208. The number of aliphatic imine (C=N–C) groups is 1. The number of pyridine rings is 1. The van der Waals surface area contributed by atoms with Gasteiger partial charge in [-0.25, -0.2) is 4.99 Å². The summed E-state index contributed by atoms with van der Waals surface area (Å²) in [7, 11) is 0. The SMILES string of the molecule is Cc1nccc2c(C)c3c(cc12)C1=CC(=O)C=CC1=N3. The summed E-state index contributed by atoms with van der Waals surface area (Å²) in [4.78, 5) is 20.6. The Morgan fingerprint density at radius 3 is 2.80 bits per heavy atom. The van der Waals surface area contributed by atoms with Gasteiger partial charge in [0.25, 0.3) is 0 Å². The van der Waals surface area contributed by atoms with Crippen LogP contribution in [0.4, 0.5) is 5.69 Å². The highest BCUT2D eigenvalue weighted by Gasteiger charge is 2.25. The number of allylic oxidation sites excluding steroid dienone is 4. The van der Waals surface area contributed by atoms with Crippen molar-refractivity contribution >= 4 is 33.5 Å². The summed E-state index contributed by atoms with van der Waals surface area (Å²) in [5, 5.41) is 2.30. The van der Waals surface area contributed by atoms with Gasteiger partial charge in [-0.1, -0.05) is 0 Å². The van der Waals surface area contributed by atoms with E-state index in [2.05, 4.69) is 23.0 Å². The Labute approximate surface area is 116 Å². The van der Waals surface area contributed by atoms with E-state index in [1.807, 2.05) is 19.2 Å². The van der Waals surface area contributed by atoms with Crippen molar-refractivity contribution < 1.29 is 4.79 Å². The van der Waals surface area contributed by atoms with E-state index >= 15 is 0 Å². The quantitative estimate of drug-likeness (QED) is 0.681. The monoisotopic (exact) mass is 260 g/mol. The maximum atomic E-state index is 11.6. The fraction of sp³-hybridized carbons (Fsp3) is 0.118. The number of fused-ring (bicyclic) bond motifs is 4. The van der Waals surface area contributed by atoms with Gasteiger partial charge in [0.2, 0.25) is 0 Å². The van der Waals surface area contributed by atoms with Gasteiger partial charge in [-0.2, -0.15) is 0 Å². The van der Waals surface area contributed by atoms with Crippen LogP contribution in [-0.4, -0.2) is 16.5 Å². The first kappa shape index (κ1) is 11.3. The van der Waals surface area contributed by atoms with Crippen LogP contribution in [-0.2, 0) is 4.79 Å². The van der Waals surface area contributed by atoms with Gasteiger partial charge in [0, 0.05) is 28.4 Å². The summed E-state index contributed by atoms with van der Waals surface area (Å²) in [6, 6.07) is 4.13. The van der Waals surface area contributed by atoms with E-state index < -0.39 is 0 Å². The van der Waals surface area contributed by atoms with Gasteiger partial charge in [-0.05, 0) is 55.2 Å². The second-order valence-electron chi connectivity index (χ2n) is 5.18. The zero-order valence-corrected chi connectivity index (χ0v) is 11.3. The second-order valence-corrected chi connectivity index (χ2v) is 5.18. The minimum Gasteiger partial charge on any atom is -0.290 e. The molecule has 0 saturated heterocycles. The first-order valence-corrected chi connectivity index (χ1v) is 6.57. The lowest BCUT2D eigenvalue weighted by Crippen LogP contribution is -2.03. The Hall–Kier alpha value is -2.55. The van der Waals surface area contributed by atoms with E-state index in [-0.39, 0.29) is 5.78 Å². The normalized spacial score (nSPS) is 16.0. The smallest absolute Gasteiger partial charge is 0.179 e. The van der Waals surface area contributed by atoms with E-state index in [1.54, 1.807) is 18.2 Å². The number of nitrogens with zero attached hydrogens (tertiary/aromatic N) is 2. The molecule has 2 heterocycles. The molecule has 0 spiro atoms. The van der Waals surface area contributed by atoms with Crippen molar-refractivity contribution in [2.75, 3.05) is 0 Å². The maximum absolute atomic E-state index is 11.6. The Balaban J connectivity index is 2.12. The van der Waals surface area contributed by atoms with Gasteiger partial charge in [-0.15, -0.1) is 0 Å². The van der Waals surface area contributed by atoms with Gasteiger partial charge in [-0.3, -0.25) is 9.78 Å². The molecule has 96 valence electrons. The number of aromatic nitrogens is 1. The summed E-state index contributed by atoms with van der Waals surface area (Å²) < 4.78 is 0. The molecule has 0 bridgehead atoms. The van der Waals surface area contributed by atoms with Crippen LogP contribution in [0.25, 0.3) is 16.3 Å². The second kappa shape index (κ2) is 3.73. The fourth-order valence-electron chi connectivity index (χ4n) is 2.93. The number of benzene rings is 1. The highest BCUT2D eigenvalue weighted by atomic mass is 16.1. The van der Waals surface area contributed by atoms with Gasteiger partial charge >= 0.3 is 0 Å². The topological polar surface area (TPSA) is 42.3 Å². The van der Waals surface area contributed by atoms with Crippen molar-refractivity contribution in [2.45, 2.75) is 13.8 Å². The predicted molar refractivity (Wildman–Crippen MR) is 80.4 cm³/mol. The number of rotatable bonds is 0. The third-order valence-electron chi connectivity index (χ3n) is 3.98. The summed E-state index contributed by atoms with van der Waals surface area (Å²) in [6.07, 6.45) is 6.86. The summed E-state index contributed by atoms with van der Waals surface area (Å²) in [6.45, 7) is 4.08. The zero-order valence-electron chi connectivity index (χ0n) is 11.3. The molecule has 3 nitrogen and oxygen atoms in total. The number of ketones is 1. The molecule has 20 heavy (non-hydrogen) atoms. The van der Waals surface area contributed by atoms with Crippen molar-refractivity contribution in [3.8, 4) is 0 Å². The predicted octanol–water partition coefficient (Wildman–Crippen LogP) is 3.46. The van der Waals surface area contributed by atoms with E-state index in [9.17, 15) is 4.79 Å². The van der Waals surface area contributed by atoms with Crippen molar-refractivity contribution in [3.63, 3.8) is 0 Å². The van der Waals surface area contributed by atoms with Gasteiger partial charge in [0.15, 0.2) is 5.78 Å². The lowest BCUT2D eigenvalue weighted by molar-refractivity contribution is -0.110. The molecule has 0 unspecified atom stereocenters. The molecule has 1 aromatic heterocycles. The average molecular weight is 260 g/mol. The van der Waals surface area contributed by atoms with Crippen molar-refractivity contribution in [1.82, 2.24) is 4.98 Å². The highest BCUT2D eigenvalue weighted by molar-refractivity contribution is 6.40. The molecule has 0 saturated carbocycles. The fourth-order valence-corrected chi connectivity index (χ4v) is 2.93. The van der Waals surface area contributed by atoms with Crippen LogP contribution in [0.1, 0.15) is 16.8 Å². The molecule has 2 aliphatic rings. The minimum atomic E-state index is 0.0208. The molecule has 0 amide bonds. The number of carbonyl (C=O) groups excluding carboxylic acids is 1. The molecule has 2 aromatic rings. The number of hydrogen-bond donors (Lipinski definition) is 0. The van der Waals surface area contributed by atoms with Crippen LogP contribution < -0.4 is 0 Å². The Kier molecular flexibility index (Phi) is 2.11. The number of carbonyl (C=O) groups is 1. The van der Waals surface area contributed by atoms with Crippen molar-refractivity contribution in [1.29, 1.82) is 0 Å². The zero-order chi connectivity index (χ0) is 13.9. The average Bonchev–Trinajstić information content (AvgIpc) is 2.79. The molecular weight excluding hydrogens is 248 g/mol. The third-order valence-corrected chi connectivity index (χ3v) is 3.98. The van der Waals surface area contributed by atoms with Gasteiger partial charge in [0.05, 0.1) is 11.4 Å². The van der Waals surface area contributed by atoms with E-state index in [1.165, 1.54) is 5.39 Å². The molecule has 0 atom stereocenters. The molecule has 4 rings (SSSR count). The molecule has 1 aliphatic heterocycles. The van der Waals surface area contributed by atoms with Crippen LogP contribution >= 0.6 is 0 Å². The standard InChI is InChI=1S/C17H12N2O/c1-9-12-5-6-18-10(2)13(12)8-15-14-7-11(20)3-4-16(14)19-17(9)15/h3-8H,1-2H3. The van der Waals surface area contributed by atoms with E-state index in [0.29, 0.717) is 0 Å². The van der Waals surface area contributed by atoms with Crippen LogP contribution in [0.5, 0.6) is 0 Å². The first-order valence-electron chi connectivity index (χ1n) is 6.57. The molecule has 0 radical (unpaired) electrons. The Morgan fingerprint density at radius 1 is 1.10 bits per heavy atom. The molecule has 1 aromatic carbocycles. The van der Waals surface area contributed by atoms with Crippen LogP contribution in [0.15, 0.2) is 41.6 Å². The van der Waals surface area contributed by atoms with Gasteiger partial charge < -0.3 is 0 Å². The first-order chi connectivity index (χ1) is 9.65. The van der Waals surface area contributed by atoms with E-state index in [4.69, 9.17) is 0 Å². The van der Waals surface area contributed by atoms with Crippen molar-refractivity contribution in [3.05, 3.63) is 53.4 Å². The highest BCUT2D eigenvalue weighted by Crippen LogP contribution is 2.42. The molecular formula is C17H12N2O. The lowest BCUT2D eigenvalue weighted by Gasteiger charge is -2.10. The summed E-state index contributed by atoms with van der Waals surface area (Å²) >= 11 is 0. The Bertz CT molecular complexity index is 885. The van der Waals surface area contributed by atoms with Crippen LogP contribution in [0.2, 0.25) is 0 Å². The summed E-state index contributed by atoms with van der Waals surface area (Å²) in [5.74, 6) is 0.0208. The molecule has 0 N–H and O–H groups in total. The third kappa shape index (κ3) is 1.37. The van der Waals surface area contributed by atoms with Crippen molar-refractivity contribution in [2.24, 2.45) is 4.99 Å². The van der Waals surface area contributed by atoms with E-state index in [0.717, 1.165) is 39.2 Å². The molecule has 3 heteroatoms. The van der Waals surface area contributed by atoms with Crippen LogP contribution in [0, 0.1) is 13.8 Å². The lowest BCUT2D eigenvalue weighted by atomic mass is 9.93. The number of aryl methyl sites for hydroxylation is 2. The summed E-state index contributed by atoms with van der Waals surface area (Å²) in [5.41, 5.74) is 5.97. The molecule has 1 aliphatic carbocycles. The molecule has 0 fully saturated rings. The number of hydrogen-bond acceptors (Lipinski definition) is 3. The maximum Gasteiger partial charge on any atom is 0.179 e. The van der Waals surface area contributed by atoms with Crippen LogP contribution in [0.3, 0.4) is 0 Å². The van der Waals surface area contributed by atoms with Gasteiger partial charge in [0.1, 0.15) is 0 Å². The largest absolute Gasteiger partial charge is 0.290 e.